The van der Waals surface area contributed by atoms with Crippen molar-refractivity contribution in [2.75, 3.05) is 4.90 Å². The average Bonchev–Trinajstić information content (AvgIpc) is 3.09. The Kier molecular flexibility index (Phi) is 3.63. The molecule has 1 saturated carbocycles. The lowest BCUT2D eigenvalue weighted by molar-refractivity contribution is 0.225. The van der Waals surface area contributed by atoms with E-state index in [9.17, 15) is 0 Å². The lowest BCUT2D eigenvalue weighted by atomic mass is 9.71. The number of aryl methyl sites for hydroxylation is 2. The molecule has 3 heterocycles. The van der Waals surface area contributed by atoms with E-state index in [1.54, 1.807) is 0 Å². The van der Waals surface area contributed by atoms with Gasteiger partial charge in [-0.05, 0) is 70.1 Å². The van der Waals surface area contributed by atoms with Gasteiger partial charge in [0.15, 0.2) is 5.58 Å². The zero-order valence-electron chi connectivity index (χ0n) is 16.9. The fraction of sp³-hybridized carbons (Fsp3) is 0.500. The van der Waals surface area contributed by atoms with Gasteiger partial charge in [-0.3, -0.25) is 0 Å². The molecule has 141 valence electrons. The summed E-state index contributed by atoms with van der Waals surface area (Å²) < 4.78 is 6.35. The van der Waals surface area contributed by atoms with Gasteiger partial charge >= 0.3 is 0 Å². The molecule has 5 rings (SSSR count). The third kappa shape index (κ3) is 2.58. The summed E-state index contributed by atoms with van der Waals surface area (Å²) in [6, 6.07) is 8.64. The standard InChI is InChI=1S/C24H29N2O/c1-16-8-10-18-19-11-9-17(2)25-22(19)27-21(18)20(16)26-15-24(14-23(26,3)4)12-6-5-7-13-24/h8-11,15H,5-7,12-14H2,1-4H3. The van der Waals surface area contributed by atoms with Gasteiger partial charge in [-0.1, -0.05) is 31.4 Å². The number of aromatic nitrogens is 1. The summed E-state index contributed by atoms with van der Waals surface area (Å²) in [5, 5.41) is 2.29. The van der Waals surface area contributed by atoms with E-state index >= 15 is 0 Å². The van der Waals surface area contributed by atoms with E-state index in [4.69, 9.17) is 4.42 Å². The summed E-state index contributed by atoms with van der Waals surface area (Å²) in [4.78, 5) is 7.17. The highest BCUT2D eigenvalue weighted by Gasteiger charge is 2.49. The zero-order chi connectivity index (χ0) is 18.8. The predicted molar refractivity (Wildman–Crippen MR) is 112 cm³/mol. The molecule has 2 aliphatic rings. The van der Waals surface area contributed by atoms with Crippen molar-refractivity contribution in [1.82, 2.24) is 4.98 Å². The van der Waals surface area contributed by atoms with Crippen LogP contribution in [0.1, 0.15) is 63.6 Å². The van der Waals surface area contributed by atoms with E-state index in [0.717, 1.165) is 22.4 Å². The molecule has 1 aromatic carbocycles. The zero-order valence-corrected chi connectivity index (χ0v) is 16.9. The van der Waals surface area contributed by atoms with Gasteiger partial charge in [0, 0.05) is 22.0 Å². The molecule has 1 radical (unpaired) electrons. The number of furan rings is 1. The van der Waals surface area contributed by atoms with Crippen molar-refractivity contribution in [3.63, 3.8) is 0 Å². The molecule has 27 heavy (non-hydrogen) atoms. The molecule has 1 spiro atoms. The third-order valence-corrected chi connectivity index (χ3v) is 6.75. The number of hydrogen-bond acceptors (Lipinski definition) is 3. The lowest BCUT2D eigenvalue weighted by Crippen LogP contribution is -2.36. The van der Waals surface area contributed by atoms with Crippen molar-refractivity contribution in [1.29, 1.82) is 0 Å². The summed E-state index contributed by atoms with van der Waals surface area (Å²) in [5.74, 6) is 0. The first-order valence-electron chi connectivity index (χ1n) is 10.3. The SMILES string of the molecule is Cc1ccc2c(n1)oc1c(N3[CH]C4(CCCCC4)CC3(C)C)c(C)ccc12. The molecule has 0 bridgehead atoms. The molecule has 0 unspecified atom stereocenters. The maximum atomic E-state index is 6.35. The summed E-state index contributed by atoms with van der Waals surface area (Å²) in [6.07, 6.45) is 7.98. The van der Waals surface area contributed by atoms with Gasteiger partial charge in [0.25, 0.3) is 0 Å². The van der Waals surface area contributed by atoms with Crippen molar-refractivity contribution in [2.45, 2.75) is 71.8 Å². The molecule has 1 aliphatic heterocycles. The molecule has 0 amide bonds. The van der Waals surface area contributed by atoms with Crippen LogP contribution in [-0.4, -0.2) is 10.5 Å². The minimum atomic E-state index is 0.0959. The number of hydrogen-bond donors (Lipinski definition) is 0. The van der Waals surface area contributed by atoms with Crippen LogP contribution in [0.4, 0.5) is 5.69 Å². The second kappa shape index (κ2) is 5.73. The Labute approximate surface area is 161 Å². The van der Waals surface area contributed by atoms with Crippen LogP contribution in [-0.2, 0) is 0 Å². The Morgan fingerprint density at radius 3 is 2.48 bits per heavy atom. The first-order valence-corrected chi connectivity index (χ1v) is 10.3. The maximum absolute atomic E-state index is 6.35. The van der Waals surface area contributed by atoms with Crippen LogP contribution in [0.3, 0.4) is 0 Å². The quantitative estimate of drug-likeness (QED) is 0.483. The maximum Gasteiger partial charge on any atom is 0.227 e. The molecule has 2 aromatic heterocycles. The number of anilines is 1. The summed E-state index contributed by atoms with van der Waals surface area (Å²) in [7, 11) is 0. The fourth-order valence-corrected chi connectivity index (χ4v) is 5.57. The molecule has 2 fully saturated rings. The van der Waals surface area contributed by atoms with Crippen molar-refractivity contribution < 1.29 is 4.42 Å². The highest BCUT2D eigenvalue weighted by molar-refractivity contribution is 6.08. The summed E-state index contributed by atoms with van der Waals surface area (Å²) in [6.45, 7) is 11.5. The van der Waals surface area contributed by atoms with Crippen LogP contribution >= 0.6 is 0 Å². The molecule has 3 aromatic rings. The van der Waals surface area contributed by atoms with Gasteiger partial charge in [-0.2, -0.15) is 0 Å². The van der Waals surface area contributed by atoms with Gasteiger partial charge in [-0.25, -0.2) is 4.98 Å². The van der Waals surface area contributed by atoms with Gasteiger partial charge < -0.3 is 9.32 Å². The second-order valence-electron chi connectivity index (χ2n) is 9.43. The van der Waals surface area contributed by atoms with Gasteiger partial charge in [-0.15, -0.1) is 0 Å². The van der Waals surface area contributed by atoms with E-state index in [1.807, 2.05) is 6.92 Å². The van der Waals surface area contributed by atoms with Crippen molar-refractivity contribution in [3.05, 3.63) is 42.1 Å². The molecule has 1 aliphatic carbocycles. The Morgan fingerprint density at radius 2 is 1.70 bits per heavy atom. The Bertz CT molecular complexity index is 1020. The highest BCUT2D eigenvalue weighted by atomic mass is 16.3. The number of fused-ring (bicyclic) bond motifs is 3. The van der Waals surface area contributed by atoms with Crippen LogP contribution in [0.2, 0.25) is 0 Å². The van der Waals surface area contributed by atoms with Gasteiger partial charge in [0.05, 0.1) is 12.2 Å². The van der Waals surface area contributed by atoms with Crippen LogP contribution in [0.25, 0.3) is 22.1 Å². The van der Waals surface area contributed by atoms with E-state index < -0.39 is 0 Å². The molecule has 3 heteroatoms. The minimum Gasteiger partial charge on any atom is -0.436 e. The van der Waals surface area contributed by atoms with Crippen LogP contribution in [0.15, 0.2) is 28.7 Å². The molecular formula is C24H29N2O. The molecule has 1 saturated heterocycles. The number of pyridine rings is 1. The van der Waals surface area contributed by atoms with Crippen molar-refractivity contribution >= 4 is 27.8 Å². The van der Waals surface area contributed by atoms with Crippen LogP contribution < -0.4 is 4.90 Å². The molecule has 0 N–H and O–H groups in total. The Morgan fingerprint density at radius 1 is 0.963 bits per heavy atom. The first kappa shape index (κ1) is 17.1. The van der Waals surface area contributed by atoms with E-state index in [0.29, 0.717) is 5.41 Å². The van der Waals surface area contributed by atoms with E-state index in [2.05, 4.69) is 61.5 Å². The van der Waals surface area contributed by atoms with E-state index in [1.165, 1.54) is 55.2 Å². The molecule has 3 nitrogen and oxygen atoms in total. The lowest BCUT2D eigenvalue weighted by Gasteiger charge is -2.34. The number of nitrogens with zero attached hydrogens (tertiary/aromatic N) is 2. The molecule has 0 atom stereocenters. The number of benzene rings is 1. The summed E-state index contributed by atoms with van der Waals surface area (Å²) >= 11 is 0. The normalized spacial score (nSPS) is 21.6. The Balaban J connectivity index is 1.69. The summed E-state index contributed by atoms with van der Waals surface area (Å²) in [5.41, 5.74) is 5.69. The highest BCUT2D eigenvalue weighted by Crippen LogP contribution is 2.55. The third-order valence-electron chi connectivity index (χ3n) is 6.75. The van der Waals surface area contributed by atoms with Crippen LogP contribution in [0.5, 0.6) is 0 Å². The smallest absolute Gasteiger partial charge is 0.227 e. The van der Waals surface area contributed by atoms with Crippen LogP contribution in [0, 0.1) is 25.8 Å². The van der Waals surface area contributed by atoms with Gasteiger partial charge in [0.1, 0.15) is 0 Å². The van der Waals surface area contributed by atoms with Gasteiger partial charge in [0.2, 0.25) is 5.71 Å². The topological polar surface area (TPSA) is 29.3 Å². The van der Waals surface area contributed by atoms with E-state index in [-0.39, 0.29) is 5.54 Å². The fourth-order valence-electron chi connectivity index (χ4n) is 5.57. The minimum absolute atomic E-state index is 0.0959. The second-order valence-corrected chi connectivity index (χ2v) is 9.43. The van der Waals surface area contributed by atoms with Crippen molar-refractivity contribution in [3.8, 4) is 0 Å². The van der Waals surface area contributed by atoms with Crippen molar-refractivity contribution in [2.24, 2.45) is 5.41 Å². The average molecular weight is 362 g/mol. The monoisotopic (exact) mass is 361 g/mol. The Hall–Kier alpha value is -2.03. The largest absolute Gasteiger partial charge is 0.436 e. The molecular weight excluding hydrogens is 332 g/mol. The first-order chi connectivity index (χ1) is 12.9. The number of rotatable bonds is 1. The predicted octanol–water partition coefficient (Wildman–Crippen LogP) is 6.70.